The number of hydrogen-bond acceptors (Lipinski definition) is 8. The number of rotatable bonds is 5. The molecule has 0 spiro atoms. The van der Waals surface area contributed by atoms with Gasteiger partial charge in [-0.3, -0.25) is 0 Å². The molecule has 0 amide bonds. The predicted molar refractivity (Wildman–Crippen MR) is 106 cm³/mol. The molecule has 1 aromatic carbocycles. The molecule has 0 atom stereocenters. The smallest absolute Gasteiger partial charge is 0.247 e. The molecule has 0 radical (unpaired) electrons. The van der Waals surface area contributed by atoms with Crippen molar-refractivity contribution in [1.29, 1.82) is 0 Å². The van der Waals surface area contributed by atoms with Crippen LogP contribution in [-0.2, 0) is 9.84 Å². The van der Waals surface area contributed by atoms with Crippen molar-refractivity contribution in [2.45, 2.75) is 11.6 Å². The van der Waals surface area contributed by atoms with Crippen molar-refractivity contribution in [3.63, 3.8) is 0 Å². The molecule has 158 valence electrons. The van der Waals surface area contributed by atoms with Crippen LogP contribution in [0.25, 0.3) is 22.2 Å². The van der Waals surface area contributed by atoms with E-state index in [0.29, 0.717) is 29.8 Å². The number of fused-ring (bicyclic) bond motifs is 1. The fourth-order valence-corrected chi connectivity index (χ4v) is 3.67. The topological polar surface area (TPSA) is 94.5 Å². The Balaban J connectivity index is 2.02. The number of hydrogen-bond donors (Lipinski definition) is 0. The third-order valence-electron chi connectivity index (χ3n) is 4.84. The van der Waals surface area contributed by atoms with Crippen LogP contribution < -0.4 is 14.4 Å². The normalized spacial score (nSPS) is 14.0. The van der Waals surface area contributed by atoms with Gasteiger partial charge in [-0.05, 0) is 12.5 Å². The van der Waals surface area contributed by atoms with Crippen molar-refractivity contribution in [2.24, 2.45) is 0 Å². The van der Waals surface area contributed by atoms with E-state index in [1.165, 1.54) is 26.5 Å². The summed E-state index contributed by atoms with van der Waals surface area (Å²) in [6, 6.07) is 2.53. The van der Waals surface area contributed by atoms with E-state index in [1.807, 2.05) is 4.90 Å². The summed E-state index contributed by atoms with van der Waals surface area (Å²) in [7, 11) is -1.11. The molecular formula is C19H18F2N4O4S. The summed E-state index contributed by atoms with van der Waals surface area (Å²) in [4.78, 5) is 14.3. The zero-order chi connectivity index (χ0) is 21.6. The predicted octanol–water partition coefficient (Wildman–Crippen LogP) is 2.60. The van der Waals surface area contributed by atoms with Crippen molar-refractivity contribution >= 4 is 26.6 Å². The minimum Gasteiger partial charge on any atom is -0.494 e. The summed E-state index contributed by atoms with van der Waals surface area (Å²) in [5, 5.41) is 0.0571. The second-order valence-electron chi connectivity index (χ2n) is 6.82. The highest BCUT2D eigenvalue weighted by atomic mass is 32.2. The van der Waals surface area contributed by atoms with E-state index in [-0.39, 0.29) is 22.3 Å². The van der Waals surface area contributed by atoms with Crippen molar-refractivity contribution in [2.75, 3.05) is 38.5 Å². The van der Waals surface area contributed by atoms with Gasteiger partial charge in [-0.2, -0.15) is 0 Å². The fraction of sp³-hybridized carbons (Fsp3) is 0.316. The first kappa shape index (κ1) is 20.2. The summed E-state index contributed by atoms with van der Waals surface area (Å²) >= 11 is 0. The van der Waals surface area contributed by atoms with E-state index < -0.39 is 27.0 Å². The van der Waals surface area contributed by atoms with E-state index in [2.05, 4.69) is 15.0 Å². The number of ether oxygens (including phenoxy) is 2. The van der Waals surface area contributed by atoms with Crippen LogP contribution >= 0.6 is 0 Å². The van der Waals surface area contributed by atoms with E-state index in [4.69, 9.17) is 9.47 Å². The lowest BCUT2D eigenvalue weighted by Gasteiger charge is -2.32. The molecule has 1 aliphatic rings. The first-order chi connectivity index (χ1) is 14.2. The van der Waals surface area contributed by atoms with E-state index >= 15 is 8.78 Å². The number of halogens is 2. The molecule has 1 aliphatic heterocycles. The molecule has 3 heterocycles. The van der Waals surface area contributed by atoms with Crippen molar-refractivity contribution in [3.05, 3.63) is 30.0 Å². The molecule has 0 N–H and O–H groups in total. The molecule has 11 heteroatoms. The Morgan fingerprint density at radius 1 is 1.03 bits per heavy atom. The molecule has 1 fully saturated rings. The Bertz CT molecular complexity index is 1240. The molecule has 0 unspecified atom stereocenters. The summed E-state index contributed by atoms with van der Waals surface area (Å²) in [5.74, 6) is -1.91. The lowest BCUT2D eigenvalue weighted by molar-refractivity contribution is 0.359. The van der Waals surface area contributed by atoms with Crippen LogP contribution in [0.15, 0.2) is 23.5 Å². The zero-order valence-electron chi connectivity index (χ0n) is 16.4. The second kappa shape index (κ2) is 7.31. The van der Waals surface area contributed by atoms with Crippen LogP contribution in [0.4, 0.5) is 14.6 Å². The highest BCUT2D eigenvalue weighted by Gasteiger charge is 2.27. The van der Waals surface area contributed by atoms with Gasteiger partial charge in [-0.15, -0.1) is 0 Å². The van der Waals surface area contributed by atoms with Crippen molar-refractivity contribution in [1.82, 2.24) is 15.0 Å². The minimum atomic E-state index is -3.64. The van der Waals surface area contributed by atoms with Crippen LogP contribution in [-0.4, -0.2) is 56.9 Å². The van der Waals surface area contributed by atoms with Crippen LogP contribution in [0.2, 0.25) is 0 Å². The average molecular weight is 436 g/mol. The molecule has 3 aromatic rings. The molecule has 0 saturated carbocycles. The molecular weight excluding hydrogens is 418 g/mol. The van der Waals surface area contributed by atoms with E-state index in [9.17, 15) is 8.42 Å². The van der Waals surface area contributed by atoms with Gasteiger partial charge >= 0.3 is 0 Å². The van der Waals surface area contributed by atoms with Gasteiger partial charge in [0.2, 0.25) is 15.0 Å². The number of sulfone groups is 1. The van der Waals surface area contributed by atoms with Gasteiger partial charge in [-0.25, -0.2) is 32.2 Å². The minimum absolute atomic E-state index is 0.00712. The Hall–Kier alpha value is -3.08. The van der Waals surface area contributed by atoms with Gasteiger partial charge in [-0.1, -0.05) is 0 Å². The quantitative estimate of drug-likeness (QED) is 0.564. The zero-order valence-corrected chi connectivity index (χ0v) is 17.3. The monoisotopic (exact) mass is 436 g/mol. The number of aromatic nitrogens is 3. The molecule has 1 saturated heterocycles. The lowest BCUT2D eigenvalue weighted by Crippen LogP contribution is -2.38. The number of benzene rings is 1. The molecule has 0 bridgehead atoms. The van der Waals surface area contributed by atoms with Gasteiger partial charge in [0.15, 0.2) is 29.0 Å². The molecule has 4 rings (SSSR count). The van der Waals surface area contributed by atoms with Gasteiger partial charge in [0, 0.05) is 37.0 Å². The average Bonchev–Trinajstić information content (AvgIpc) is 2.66. The van der Waals surface area contributed by atoms with Gasteiger partial charge < -0.3 is 14.4 Å². The maximum Gasteiger partial charge on any atom is 0.247 e. The standard InChI is InChI=1S/C19H18F2N4O4S/c1-28-12-8-13(29-2)16(21)14(15(12)20)11-7-10-9-22-19(30(3,26)27)24-17(10)18(23-11)25-5-4-6-25/h7-9H,4-6H2,1-3H3. The van der Waals surface area contributed by atoms with Crippen molar-refractivity contribution < 1.29 is 26.7 Å². The Kier molecular flexibility index (Phi) is 4.92. The van der Waals surface area contributed by atoms with Crippen LogP contribution in [0, 0.1) is 11.6 Å². The highest BCUT2D eigenvalue weighted by molar-refractivity contribution is 7.90. The Morgan fingerprint density at radius 2 is 1.67 bits per heavy atom. The highest BCUT2D eigenvalue weighted by Crippen LogP contribution is 2.39. The fourth-order valence-electron chi connectivity index (χ4n) is 3.17. The number of pyridine rings is 1. The molecule has 8 nitrogen and oxygen atoms in total. The number of anilines is 1. The number of methoxy groups -OCH3 is 2. The van der Waals surface area contributed by atoms with E-state index in [0.717, 1.165) is 18.7 Å². The first-order valence-electron chi connectivity index (χ1n) is 8.97. The number of nitrogens with zero attached hydrogens (tertiary/aromatic N) is 4. The van der Waals surface area contributed by atoms with Gasteiger partial charge in [0.25, 0.3) is 0 Å². The van der Waals surface area contributed by atoms with Gasteiger partial charge in [0.05, 0.1) is 25.5 Å². The largest absolute Gasteiger partial charge is 0.494 e. The maximum atomic E-state index is 15.0. The second-order valence-corrected chi connectivity index (χ2v) is 8.73. The molecule has 2 aromatic heterocycles. The van der Waals surface area contributed by atoms with Crippen molar-refractivity contribution in [3.8, 4) is 22.8 Å². The summed E-state index contributed by atoms with van der Waals surface area (Å²) in [6.45, 7) is 1.33. The Labute approximate surface area is 171 Å². The summed E-state index contributed by atoms with van der Waals surface area (Å²) in [6.07, 6.45) is 3.22. The molecule has 30 heavy (non-hydrogen) atoms. The van der Waals surface area contributed by atoms with Crippen LogP contribution in [0.3, 0.4) is 0 Å². The SMILES string of the molecule is COc1cc(OC)c(F)c(-c2cc3cnc(S(C)(=O)=O)nc3c(N3CCC3)n2)c1F. The summed E-state index contributed by atoms with van der Waals surface area (Å²) in [5.41, 5.74) is -0.126. The maximum absolute atomic E-state index is 15.0. The lowest BCUT2D eigenvalue weighted by atomic mass is 10.1. The third kappa shape index (κ3) is 3.28. The Morgan fingerprint density at radius 3 is 2.17 bits per heavy atom. The first-order valence-corrected chi connectivity index (χ1v) is 10.9. The van der Waals surface area contributed by atoms with Crippen LogP contribution in [0.1, 0.15) is 6.42 Å². The molecule has 0 aliphatic carbocycles. The van der Waals surface area contributed by atoms with E-state index in [1.54, 1.807) is 0 Å². The summed E-state index contributed by atoms with van der Waals surface area (Å²) < 4.78 is 63.8. The van der Waals surface area contributed by atoms with Gasteiger partial charge in [0.1, 0.15) is 5.52 Å². The van der Waals surface area contributed by atoms with Crippen LogP contribution in [0.5, 0.6) is 11.5 Å². The third-order valence-corrected chi connectivity index (χ3v) is 5.70.